The van der Waals surface area contributed by atoms with Crippen LogP contribution in [-0.4, -0.2) is 19.2 Å². The molecule has 0 saturated heterocycles. The zero-order valence-electron chi connectivity index (χ0n) is 17.3. The second-order valence-corrected chi connectivity index (χ2v) is 7.56. The lowest BCUT2D eigenvalue weighted by atomic mass is 10.1. The third-order valence-electron chi connectivity index (χ3n) is 4.60. The Kier molecular flexibility index (Phi) is 5.89. The predicted octanol–water partition coefficient (Wildman–Crippen LogP) is 5.32. The van der Waals surface area contributed by atoms with E-state index in [1.165, 1.54) is 6.26 Å². The largest absolute Gasteiger partial charge is 0.482 e. The van der Waals surface area contributed by atoms with Gasteiger partial charge >= 0.3 is 5.97 Å². The van der Waals surface area contributed by atoms with Gasteiger partial charge in [0.1, 0.15) is 23.3 Å². The van der Waals surface area contributed by atoms with Crippen molar-refractivity contribution in [3.63, 3.8) is 0 Å². The lowest BCUT2D eigenvalue weighted by molar-refractivity contribution is -0.147. The van der Waals surface area contributed by atoms with Crippen molar-refractivity contribution >= 4 is 27.7 Å². The lowest BCUT2D eigenvalue weighted by Gasteiger charge is -2.09. The Morgan fingerprint density at radius 2 is 1.74 bits per heavy atom. The summed E-state index contributed by atoms with van der Waals surface area (Å²) < 4.78 is 21.9. The van der Waals surface area contributed by atoms with Crippen LogP contribution >= 0.6 is 0 Å². The Morgan fingerprint density at radius 3 is 2.55 bits per heavy atom. The number of hydrogen-bond donors (Lipinski definition) is 0. The van der Waals surface area contributed by atoms with Crippen LogP contribution in [0.15, 0.2) is 76.1 Å². The van der Waals surface area contributed by atoms with Crippen LogP contribution in [0, 0.1) is 5.92 Å². The quantitative estimate of drug-likeness (QED) is 0.378. The summed E-state index contributed by atoms with van der Waals surface area (Å²) in [5, 5.41) is 2.45. The SMILES string of the molecule is CC(C)COC(=O)COc1ccc2c(=O)c(Oc3ccc4ccccc4c3)coc2c1. The Labute approximate surface area is 179 Å². The number of fused-ring (bicyclic) bond motifs is 2. The van der Waals surface area contributed by atoms with Gasteiger partial charge in [-0.05, 0) is 41.0 Å². The fraction of sp³-hybridized carbons (Fsp3) is 0.200. The maximum atomic E-state index is 12.8. The van der Waals surface area contributed by atoms with Crippen molar-refractivity contribution in [3.05, 3.63) is 77.2 Å². The molecule has 0 N–H and O–H groups in total. The number of benzene rings is 3. The molecule has 0 aliphatic rings. The molecule has 4 aromatic rings. The molecule has 0 unspecified atom stereocenters. The van der Waals surface area contributed by atoms with Gasteiger partial charge in [-0.2, -0.15) is 0 Å². The topological polar surface area (TPSA) is 75.0 Å². The van der Waals surface area contributed by atoms with Crippen molar-refractivity contribution in [1.82, 2.24) is 0 Å². The average molecular weight is 418 g/mol. The molecule has 0 spiro atoms. The summed E-state index contributed by atoms with van der Waals surface area (Å²) in [6, 6.07) is 18.3. The van der Waals surface area contributed by atoms with Crippen molar-refractivity contribution in [2.24, 2.45) is 5.92 Å². The van der Waals surface area contributed by atoms with E-state index in [4.69, 9.17) is 18.6 Å². The van der Waals surface area contributed by atoms with Crippen molar-refractivity contribution in [1.29, 1.82) is 0 Å². The summed E-state index contributed by atoms with van der Waals surface area (Å²) in [7, 11) is 0. The van der Waals surface area contributed by atoms with Crippen molar-refractivity contribution in [2.45, 2.75) is 13.8 Å². The van der Waals surface area contributed by atoms with Crippen LogP contribution in [0.4, 0.5) is 0 Å². The molecule has 3 aromatic carbocycles. The van der Waals surface area contributed by atoms with E-state index in [0.717, 1.165) is 10.8 Å². The molecule has 0 aliphatic carbocycles. The summed E-state index contributed by atoms with van der Waals surface area (Å²) >= 11 is 0. The van der Waals surface area contributed by atoms with Gasteiger partial charge in [-0.25, -0.2) is 4.79 Å². The third-order valence-corrected chi connectivity index (χ3v) is 4.60. The highest BCUT2D eigenvalue weighted by atomic mass is 16.6. The molecule has 0 aliphatic heterocycles. The van der Waals surface area contributed by atoms with Crippen LogP contribution < -0.4 is 14.9 Å². The van der Waals surface area contributed by atoms with Gasteiger partial charge in [-0.1, -0.05) is 44.2 Å². The molecule has 31 heavy (non-hydrogen) atoms. The molecule has 0 atom stereocenters. The second kappa shape index (κ2) is 8.92. The van der Waals surface area contributed by atoms with E-state index in [2.05, 4.69) is 0 Å². The highest BCUT2D eigenvalue weighted by Gasteiger charge is 2.12. The maximum Gasteiger partial charge on any atom is 0.344 e. The first-order valence-corrected chi connectivity index (χ1v) is 10.0. The van der Waals surface area contributed by atoms with Crippen LogP contribution in [0.25, 0.3) is 21.7 Å². The number of ether oxygens (including phenoxy) is 3. The predicted molar refractivity (Wildman–Crippen MR) is 118 cm³/mol. The summed E-state index contributed by atoms with van der Waals surface area (Å²) in [5.74, 6) is 0.846. The molecule has 0 saturated carbocycles. The highest BCUT2D eigenvalue weighted by Crippen LogP contribution is 2.26. The number of carbonyl (C=O) groups is 1. The molecule has 1 heterocycles. The molecular weight excluding hydrogens is 396 g/mol. The third kappa shape index (κ3) is 4.86. The fourth-order valence-electron chi connectivity index (χ4n) is 3.05. The molecule has 0 amide bonds. The Morgan fingerprint density at radius 1 is 0.968 bits per heavy atom. The first-order chi connectivity index (χ1) is 15.0. The van der Waals surface area contributed by atoms with Gasteiger partial charge in [0.25, 0.3) is 0 Å². The molecule has 0 fully saturated rings. The standard InChI is InChI=1S/C25H22O6/c1-16(2)13-30-24(26)15-28-19-9-10-21-22(12-19)29-14-23(25(21)27)31-20-8-7-17-5-3-4-6-18(17)11-20/h3-12,14,16H,13,15H2,1-2H3. The minimum absolute atomic E-state index is 0.0914. The maximum absolute atomic E-state index is 12.8. The molecule has 4 rings (SSSR count). The minimum Gasteiger partial charge on any atom is -0.482 e. The molecule has 6 heteroatoms. The molecule has 1 aromatic heterocycles. The molecule has 6 nitrogen and oxygen atoms in total. The first-order valence-electron chi connectivity index (χ1n) is 10.0. The zero-order valence-corrected chi connectivity index (χ0v) is 17.3. The monoisotopic (exact) mass is 418 g/mol. The average Bonchev–Trinajstić information content (AvgIpc) is 2.78. The molecule has 0 bridgehead atoms. The van der Waals surface area contributed by atoms with Crippen molar-refractivity contribution < 1.29 is 23.4 Å². The van der Waals surface area contributed by atoms with Gasteiger partial charge in [0, 0.05) is 6.07 Å². The van der Waals surface area contributed by atoms with E-state index in [0.29, 0.717) is 29.1 Å². The van der Waals surface area contributed by atoms with E-state index >= 15 is 0 Å². The summed E-state index contributed by atoms with van der Waals surface area (Å²) in [6.45, 7) is 4.04. The van der Waals surface area contributed by atoms with Crippen LogP contribution in [-0.2, 0) is 9.53 Å². The van der Waals surface area contributed by atoms with Gasteiger partial charge in [-0.3, -0.25) is 4.79 Å². The Bertz CT molecular complexity index is 1290. The van der Waals surface area contributed by atoms with Gasteiger partial charge in [-0.15, -0.1) is 0 Å². The number of rotatable bonds is 7. The number of carbonyl (C=O) groups excluding carboxylic acids is 1. The van der Waals surface area contributed by atoms with Crippen molar-refractivity contribution in [2.75, 3.05) is 13.2 Å². The van der Waals surface area contributed by atoms with Crippen LogP contribution in [0.3, 0.4) is 0 Å². The number of esters is 1. The van der Waals surface area contributed by atoms with E-state index < -0.39 is 5.97 Å². The summed E-state index contributed by atoms with van der Waals surface area (Å²) in [5.41, 5.74) is 0.0428. The van der Waals surface area contributed by atoms with E-state index in [1.54, 1.807) is 24.3 Å². The highest BCUT2D eigenvalue weighted by molar-refractivity contribution is 5.84. The van der Waals surface area contributed by atoms with Crippen LogP contribution in [0.1, 0.15) is 13.8 Å². The summed E-state index contributed by atoms with van der Waals surface area (Å²) in [6.07, 6.45) is 1.28. The van der Waals surface area contributed by atoms with Gasteiger partial charge in [0.05, 0.1) is 12.0 Å². The number of hydrogen-bond acceptors (Lipinski definition) is 6. The zero-order chi connectivity index (χ0) is 21.8. The van der Waals surface area contributed by atoms with E-state index in [1.807, 2.05) is 50.2 Å². The Balaban J connectivity index is 1.50. The smallest absolute Gasteiger partial charge is 0.344 e. The normalized spacial score (nSPS) is 11.1. The van der Waals surface area contributed by atoms with Crippen LogP contribution in [0.5, 0.6) is 17.2 Å². The molecular formula is C25H22O6. The van der Waals surface area contributed by atoms with Gasteiger partial charge in [0.15, 0.2) is 6.61 Å². The van der Waals surface area contributed by atoms with Gasteiger partial charge in [0.2, 0.25) is 11.2 Å². The first kappa shape index (κ1) is 20.5. The minimum atomic E-state index is -0.450. The summed E-state index contributed by atoms with van der Waals surface area (Å²) in [4.78, 5) is 24.5. The van der Waals surface area contributed by atoms with Crippen molar-refractivity contribution in [3.8, 4) is 17.2 Å². The van der Waals surface area contributed by atoms with E-state index in [9.17, 15) is 9.59 Å². The van der Waals surface area contributed by atoms with E-state index in [-0.39, 0.29) is 23.7 Å². The molecule has 158 valence electrons. The van der Waals surface area contributed by atoms with Gasteiger partial charge < -0.3 is 18.6 Å². The Hall–Kier alpha value is -3.80. The molecule has 0 radical (unpaired) electrons. The fourth-order valence-corrected chi connectivity index (χ4v) is 3.05. The second-order valence-electron chi connectivity index (χ2n) is 7.56. The lowest BCUT2D eigenvalue weighted by Crippen LogP contribution is -2.17. The van der Waals surface area contributed by atoms with Crippen LogP contribution in [0.2, 0.25) is 0 Å².